The van der Waals surface area contributed by atoms with Gasteiger partial charge in [0.25, 0.3) is 5.91 Å². The van der Waals surface area contributed by atoms with Crippen molar-refractivity contribution in [3.8, 4) is 23.8 Å². The topological polar surface area (TPSA) is 73.9 Å². The van der Waals surface area contributed by atoms with Crippen LogP contribution in [0.15, 0.2) is 24.3 Å². The van der Waals surface area contributed by atoms with E-state index in [0.29, 0.717) is 37.6 Å². The highest BCUT2D eigenvalue weighted by atomic mass is 16.5. The largest absolute Gasteiger partial charge is 0.490 e. The first-order valence-corrected chi connectivity index (χ1v) is 9.96. The number of nitrogens with one attached hydrogen (secondary N) is 1. The van der Waals surface area contributed by atoms with E-state index in [2.05, 4.69) is 11.2 Å². The monoisotopic (exact) mass is 401 g/mol. The second-order valence-corrected chi connectivity index (χ2v) is 6.41. The predicted octanol–water partition coefficient (Wildman–Crippen LogP) is 3.74. The van der Waals surface area contributed by atoms with Crippen LogP contribution < -0.4 is 14.8 Å². The first-order valence-electron chi connectivity index (χ1n) is 9.96. The Morgan fingerprint density at radius 2 is 1.86 bits per heavy atom. The van der Waals surface area contributed by atoms with Crippen molar-refractivity contribution in [3.63, 3.8) is 0 Å². The Morgan fingerprint density at radius 1 is 1.14 bits per heavy atom. The second kappa shape index (κ2) is 12.5. The Balaban J connectivity index is 2.66. The predicted molar refractivity (Wildman–Crippen MR) is 114 cm³/mol. The number of amides is 1. The molecule has 1 rings (SSSR count). The molecule has 0 heterocycles. The normalized spacial score (nSPS) is 11.0. The summed E-state index contributed by atoms with van der Waals surface area (Å²) in [6.45, 7) is 8.42. The summed E-state index contributed by atoms with van der Waals surface area (Å²) >= 11 is 0. The highest BCUT2D eigenvalue weighted by Crippen LogP contribution is 2.29. The van der Waals surface area contributed by atoms with Gasteiger partial charge in [-0.3, -0.25) is 4.79 Å². The molecule has 0 radical (unpaired) electrons. The lowest BCUT2D eigenvalue weighted by molar-refractivity contribution is -0.144. The van der Waals surface area contributed by atoms with Gasteiger partial charge in [0.15, 0.2) is 18.1 Å². The zero-order valence-corrected chi connectivity index (χ0v) is 17.7. The van der Waals surface area contributed by atoms with Crippen molar-refractivity contribution < 1.29 is 23.8 Å². The number of ether oxygens (including phenoxy) is 3. The molecule has 0 aliphatic rings. The maximum absolute atomic E-state index is 12.0. The van der Waals surface area contributed by atoms with Gasteiger partial charge >= 0.3 is 5.97 Å². The van der Waals surface area contributed by atoms with Crippen LogP contribution in [0.2, 0.25) is 0 Å². The minimum absolute atomic E-state index is 0.388. The Hall–Kier alpha value is -2.94. The molecule has 158 valence electrons. The van der Waals surface area contributed by atoms with E-state index in [1.807, 2.05) is 33.8 Å². The maximum atomic E-state index is 12.0. The van der Waals surface area contributed by atoms with Crippen molar-refractivity contribution in [2.75, 3.05) is 19.8 Å². The lowest BCUT2D eigenvalue weighted by atomic mass is 9.94. The molecule has 0 saturated carbocycles. The van der Waals surface area contributed by atoms with E-state index in [0.717, 1.165) is 12.0 Å². The van der Waals surface area contributed by atoms with Gasteiger partial charge in [-0.25, -0.2) is 4.79 Å². The minimum atomic E-state index is -0.712. The second-order valence-electron chi connectivity index (χ2n) is 6.41. The Bertz CT molecular complexity index is 744. The Kier molecular flexibility index (Phi) is 10.4. The molecule has 0 atom stereocenters. The number of esters is 1. The van der Waals surface area contributed by atoms with E-state index >= 15 is 0 Å². The fourth-order valence-electron chi connectivity index (χ4n) is 2.55. The van der Waals surface area contributed by atoms with Crippen LogP contribution in [0, 0.1) is 12.3 Å². The van der Waals surface area contributed by atoms with Crippen LogP contribution in [0.4, 0.5) is 0 Å². The zero-order valence-electron chi connectivity index (χ0n) is 17.7. The quantitative estimate of drug-likeness (QED) is 0.328. The molecule has 6 nitrogen and oxygen atoms in total. The first-order chi connectivity index (χ1) is 13.9. The molecule has 0 aromatic heterocycles. The minimum Gasteiger partial charge on any atom is -0.490 e. The van der Waals surface area contributed by atoms with Gasteiger partial charge in [0, 0.05) is 6.08 Å². The van der Waals surface area contributed by atoms with Crippen LogP contribution in [-0.2, 0) is 14.3 Å². The lowest BCUT2D eigenvalue weighted by Gasteiger charge is -2.26. The fraction of sp³-hybridized carbons (Fsp3) is 0.478. The van der Waals surface area contributed by atoms with Crippen LogP contribution in [0.5, 0.6) is 11.5 Å². The zero-order chi connectivity index (χ0) is 21.7. The van der Waals surface area contributed by atoms with Gasteiger partial charge in [0.05, 0.1) is 13.2 Å². The summed E-state index contributed by atoms with van der Waals surface area (Å²) in [7, 11) is 0. The number of hydrogen-bond donors (Lipinski definition) is 1. The van der Waals surface area contributed by atoms with Gasteiger partial charge < -0.3 is 19.5 Å². The smallest absolute Gasteiger partial charge is 0.331 e. The highest BCUT2D eigenvalue weighted by molar-refractivity contribution is 5.89. The van der Waals surface area contributed by atoms with Crippen LogP contribution >= 0.6 is 0 Å². The van der Waals surface area contributed by atoms with E-state index in [4.69, 9.17) is 20.6 Å². The summed E-state index contributed by atoms with van der Waals surface area (Å²) in [6.07, 6.45) is 10.5. The number of terminal acetylenes is 1. The molecule has 29 heavy (non-hydrogen) atoms. The van der Waals surface area contributed by atoms with Crippen LogP contribution in [0.1, 0.15) is 52.5 Å². The number of carbonyl (C=O) groups excluding carboxylic acids is 2. The van der Waals surface area contributed by atoms with E-state index in [-0.39, 0.29) is 6.61 Å². The molecule has 0 saturated heterocycles. The van der Waals surface area contributed by atoms with Crippen molar-refractivity contribution in [1.82, 2.24) is 5.32 Å². The molecule has 1 aromatic carbocycles. The molecule has 0 fully saturated rings. The summed E-state index contributed by atoms with van der Waals surface area (Å²) in [5.41, 5.74) is 0.0402. The molecule has 0 bridgehead atoms. The van der Waals surface area contributed by atoms with Crippen molar-refractivity contribution in [3.05, 3.63) is 29.8 Å². The Morgan fingerprint density at radius 3 is 2.45 bits per heavy atom. The van der Waals surface area contributed by atoms with Crippen molar-refractivity contribution in [1.29, 1.82) is 0 Å². The third-order valence-electron chi connectivity index (χ3n) is 4.35. The molecule has 6 heteroatoms. The average molecular weight is 402 g/mol. The van der Waals surface area contributed by atoms with Gasteiger partial charge in [-0.15, -0.1) is 6.42 Å². The molecule has 1 amide bonds. The molecular weight excluding hydrogens is 370 g/mol. The van der Waals surface area contributed by atoms with Crippen molar-refractivity contribution >= 4 is 18.0 Å². The van der Waals surface area contributed by atoms with Gasteiger partial charge in [-0.1, -0.05) is 32.8 Å². The molecular formula is C23H31NO5. The molecule has 0 aliphatic heterocycles. The van der Waals surface area contributed by atoms with Gasteiger partial charge in [-0.05, 0) is 50.0 Å². The van der Waals surface area contributed by atoms with Gasteiger partial charge in [0.1, 0.15) is 5.54 Å². The third-order valence-corrected chi connectivity index (χ3v) is 4.35. The molecule has 1 aromatic rings. The molecule has 0 spiro atoms. The van der Waals surface area contributed by atoms with E-state index in [1.165, 1.54) is 6.08 Å². The summed E-state index contributed by atoms with van der Waals surface area (Å²) < 4.78 is 16.2. The van der Waals surface area contributed by atoms with Crippen LogP contribution in [0.3, 0.4) is 0 Å². The highest BCUT2D eigenvalue weighted by Gasteiger charge is 2.25. The first kappa shape index (κ1) is 24.1. The van der Waals surface area contributed by atoms with Crippen molar-refractivity contribution in [2.45, 2.75) is 52.5 Å². The molecule has 1 N–H and O–H groups in total. The van der Waals surface area contributed by atoms with E-state index in [9.17, 15) is 9.59 Å². The van der Waals surface area contributed by atoms with Crippen molar-refractivity contribution in [2.24, 2.45) is 0 Å². The lowest BCUT2D eigenvalue weighted by Crippen LogP contribution is -2.48. The molecule has 0 aliphatic carbocycles. The molecule has 0 unspecified atom stereocenters. The summed E-state index contributed by atoms with van der Waals surface area (Å²) in [6, 6.07) is 5.40. The standard InChI is InChI=1S/C23H31NO5/c1-6-15-28-19-13-11-18(16-20(19)27-10-5)12-14-22(26)29-17-21(25)24-23(7-2,8-3)9-4/h2,11-14,16H,6,8-10,15,17H2,1,3-5H3,(H,24,25). The number of hydrogen-bond acceptors (Lipinski definition) is 5. The van der Waals surface area contributed by atoms with E-state index in [1.54, 1.807) is 18.2 Å². The maximum Gasteiger partial charge on any atom is 0.331 e. The number of carbonyl (C=O) groups is 2. The van der Waals surface area contributed by atoms with Gasteiger partial charge in [0.2, 0.25) is 0 Å². The summed E-state index contributed by atoms with van der Waals surface area (Å²) in [5, 5.41) is 2.75. The number of rotatable bonds is 12. The van der Waals surface area contributed by atoms with E-state index < -0.39 is 17.4 Å². The van der Waals surface area contributed by atoms with Gasteiger partial charge in [-0.2, -0.15) is 0 Å². The Labute approximate surface area is 173 Å². The average Bonchev–Trinajstić information content (AvgIpc) is 2.74. The summed E-state index contributed by atoms with van der Waals surface area (Å²) in [4.78, 5) is 23.9. The summed E-state index contributed by atoms with van der Waals surface area (Å²) in [5.74, 6) is 2.83. The van der Waals surface area contributed by atoms with Crippen LogP contribution in [-0.4, -0.2) is 37.2 Å². The fourth-order valence-corrected chi connectivity index (χ4v) is 2.55. The third kappa shape index (κ3) is 7.90. The number of benzene rings is 1. The SMILES string of the molecule is C#CC(CC)(CC)NC(=O)COC(=O)C=Cc1ccc(OCCC)c(OCC)c1. The van der Waals surface area contributed by atoms with Crippen LogP contribution in [0.25, 0.3) is 6.08 Å².